The minimum Gasteiger partial charge on any atom is -0.383 e. The summed E-state index contributed by atoms with van der Waals surface area (Å²) in [4.78, 5) is 44.1. The van der Waals surface area contributed by atoms with Crippen molar-refractivity contribution in [3.63, 3.8) is 0 Å². The molecule has 0 spiro atoms. The van der Waals surface area contributed by atoms with Gasteiger partial charge in [0.05, 0.1) is 6.54 Å². The predicted octanol–water partition coefficient (Wildman–Crippen LogP) is 1.97. The highest BCUT2D eigenvalue weighted by molar-refractivity contribution is 5.83. The summed E-state index contributed by atoms with van der Waals surface area (Å²) in [5.41, 5.74) is 7.87. The van der Waals surface area contributed by atoms with Crippen LogP contribution in [0, 0.1) is 5.92 Å². The van der Waals surface area contributed by atoms with Crippen LogP contribution >= 0.6 is 0 Å². The molecule has 31 heavy (non-hydrogen) atoms. The number of carbonyl (C=O) groups is 1. The van der Waals surface area contributed by atoms with E-state index in [9.17, 15) is 14.4 Å². The molecular formula is C23H33N5O3. The summed E-state index contributed by atoms with van der Waals surface area (Å²) in [5, 5.41) is 0. The third kappa shape index (κ3) is 5.18. The molecule has 0 saturated heterocycles. The topological polar surface area (TPSA) is 104 Å². The van der Waals surface area contributed by atoms with Gasteiger partial charge < -0.3 is 15.5 Å². The second-order valence-corrected chi connectivity index (χ2v) is 8.61. The summed E-state index contributed by atoms with van der Waals surface area (Å²) < 4.78 is 1.40. The zero-order valence-electron chi connectivity index (χ0n) is 18.7. The number of anilines is 2. The van der Waals surface area contributed by atoms with Crippen LogP contribution in [-0.2, 0) is 24.3 Å². The number of hydrogen-bond donors (Lipinski definition) is 2. The van der Waals surface area contributed by atoms with Crippen molar-refractivity contribution >= 4 is 17.4 Å². The highest BCUT2D eigenvalue weighted by Gasteiger charge is 2.26. The number of nitrogens with one attached hydrogen (secondary N) is 1. The Balaban J connectivity index is 1.88. The average molecular weight is 428 g/mol. The van der Waals surface area contributed by atoms with Gasteiger partial charge >= 0.3 is 5.69 Å². The molecule has 0 fully saturated rings. The first-order valence-electron chi connectivity index (χ1n) is 11.0. The molecule has 1 aromatic carbocycles. The van der Waals surface area contributed by atoms with E-state index >= 15 is 0 Å². The van der Waals surface area contributed by atoms with E-state index in [1.807, 2.05) is 43.9 Å². The quantitative estimate of drug-likeness (QED) is 0.670. The molecule has 3 N–H and O–H groups in total. The van der Waals surface area contributed by atoms with Crippen LogP contribution < -0.4 is 21.9 Å². The number of nitrogen functional groups attached to an aromatic ring is 1. The first kappa shape index (κ1) is 22.7. The van der Waals surface area contributed by atoms with Crippen molar-refractivity contribution in [3.8, 4) is 0 Å². The summed E-state index contributed by atoms with van der Waals surface area (Å²) in [5.74, 6) is 0.268. The Bertz CT molecular complexity index is 1040. The maximum Gasteiger partial charge on any atom is 0.330 e. The molecule has 1 aliphatic rings. The van der Waals surface area contributed by atoms with E-state index in [2.05, 4.69) is 11.1 Å². The molecule has 168 valence electrons. The smallest absolute Gasteiger partial charge is 0.330 e. The predicted molar refractivity (Wildman–Crippen MR) is 123 cm³/mol. The van der Waals surface area contributed by atoms with Crippen molar-refractivity contribution in [3.05, 3.63) is 56.2 Å². The Labute approximate surface area is 182 Å². The Morgan fingerprint density at radius 2 is 1.94 bits per heavy atom. The van der Waals surface area contributed by atoms with Gasteiger partial charge in [-0.3, -0.25) is 19.1 Å². The van der Waals surface area contributed by atoms with E-state index < -0.39 is 11.2 Å². The minimum atomic E-state index is -0.548. The number of unbranched alkanes of at least 4 members (excludes halogenated alkanes) is 1. The van der Waals surface area contributed by atoms with E-state index in [0.29, 0.717) is 26.2 Å². The summed E-state index contributed by atoms with van der Waals surface area (Å²) in [6.07, 6.45) is 2.48. The Morgan fingerprint density at radius 3 is 2.61 bits per heavy atom. The van der Waals surface area contributed by atoms with Gasteiger partial charge in [-0.1, -0.05) is 51.5 Å². The number of aromatic amines is 1. The lowest BCUT2D eigenvalue weighted by Crippen LogP contribution is -2.46. The van der Waals surface area contributed by atoms with E-state index in [1.54, 1.807) is 4.90 Å². The normalized spacial score (nSPS) is 13.4. The molecule has 1 aliphatic heterocycles. The summed E-state index contributed by atoms with van der Waals surface area (Å²) >= 11 is 0. The number of nitrogens with two attached hydrogens (primary N) is 1. The fraction of sp³-hybridized carbons (Fsp3) is 0.522. The monoisotopic (exact) mass is 427 g/mol. The first-order chi connectivity index (χ1) is 14.8. The van der Waals surface area contributed by atoms with Crippen LogP contribution in [0.4, 0.5) is 11.5 Å². The third-order valence-electron chi connectivity index (χ3n) is 5.66. The molecule has 3 rings (SSSR count). The van der Waals surface area contributed by atoms with E-state index in [1.165, 1.54) is 10.1 Å². The number of benzene rings is 1. The maximum absolute atomic E-state index is 13.2. The summed E-state index contributed by atoms with van der Waals surface area (Å²) in [6, 6.07) is 8.15. The van der Waals surface area contributed by atoms with Gasteiger partial charge in [0.25, 0.3) is 5.56 Å². The lowest BCUT2D eigenvalue weighted by molar-refractivity contribution is -0.130. The molecule has 0 bridgehead atoms. The summed E-state index contributed by atoms with van der Waals surface area (Å²) in [7, 11) is 0. The summed E-state index contributed by atoms with van der Waals surface area (Å²) in [6.45, 7) is 8.22. The van der Waals surface area contributed by atoms with E-state index in [0.717, 1.165) is 24.8 Å². The molecular weight excluding hydrogens is 394 g/mol. The largest absolute Gasteiger partial charge is 0.383 e. The molecule has 1 aromatic heterocycles. The molecule has 2 aromatic rings. The molecule has 1 amide bonds. The number of nitrogens with zero attached hydrogens (tertiary/aromatic N) is 3. The number of H-pyrrole nitrogens is 1. The lowest BCUT2D eigenvalue weighted by atomic mass is 10.00. The minimum absolute atomic E-state index is 0.0413. The number of rotatable bonds is 8. The average Bonchev–Trinajstić information content (AvgIpc) is 2.72. The molecule has 8 heteroatoms. The molecule has 8 nitrogen and oxygen atoms in total. The van der Waals surface area contributed by atoms with Crippen LogP contribution in [-0.4, -0.2) is 40.0 Å². The first-order valence-corrected chi connectivity index (χ1v) is 11.0. The zero-order chi connectivity index (χ0) is 22.5. The number of fused-ring (bicyclic) bond motifs is 1. The number of carbonyl (C=O) groups excluding carboxylic acids is 1. The van der Waals surface area contributed by atoms with Crippen molar-refractivity contribution < 1.29 is 4.79 Å². The van der Waals surface area contributed by atoms with Crippen LogP contribution in [0.2, 0.25) is 0 Å². The SMILES string of the molecule is CCCCn1c(N)c(N(CC(=O)N2CCc3ccccc3C2)CC(C)C)c(=O)[nH]c1=O. The molecule has 0 saturated carbocycles. The van der Waals surface area contributed by atoms with Crippen molar-refractivity contribution in [1.29, 1.82) is 0 Å². The Morgan fingerprint density at radius 1 is 1.23 bits per heavy atom. The fourth-order valence-corrected chi connectivity index (χ4v) is 4.07. The van der Waals surface area contributed by atoms with E-state index in [4.69, 9.17) is 5.73 Å². The lowest BCUT2D eigenvalue weighted by Gasteiger charge is -2.33. The van der Waals surface area contributed by atoms with Crippen LogP contribution in [0.25, 0.3) is 0 Å². The zero-order valence-corrected chi connectivity index (χ0v) is 18.7. The molecule has 0 aliphatic carbocycles. The van der Waals surface area contributed by atoms with Crippen molar-refractivity contribution in [2.24, 2.45) is 5.92 Å². The van der Waals surface area contributed by atoms with Crippen LogP contribution in [0.5, 0.6) is 0 Å². The maximum atomic E-state index is 13.2. The highest BCUT2D eigenvalue weighted by Crippen LogP contribution is 2.21. The molecule has 2 heterocycles. The standard InChI is InChI=1S/C23H33N5O3/c1-4-5-11-28-21(24)20(22(30)25-23(28)31)27(13-16(2)3)15-19(29)26-12-10-17-8-6-7-9-18(17)14-26/h6-9,16H,4-5,10-15,24H2,1-3H3,(H,25,30,31). The Hall–Kier alpha value is -3.03. The second-order valence-electron chi connectivity index (χ2n) is 8.61. The number of amides is 1. The van der Waals surface area contributed by atoms with Gasteiger partial charge in [0.15, 0.2) is 0 Å². The van der Waals surface area contributed by atoms with Gasteiger partial charge in [-0.05, 0) is 29.9 Å². The van der Waals surface area contributed by atoms with Gasteiger partial charge in [0.1, 0.15) is 11.5 Å². The van der Waals surface area contributed by atoms with Gasteiger partial charge in [-0.25, -0.2) is 4.79 Å². The van der Waals surface area contributed by atoms with Crippen molar-refractivity contribution in [2.75, 3.05) is 30.3 Å². The van der Waals surface area contributed by atoms with Gasteiger partial charge in [-0.2, -0.15) is 0 Å². The van der Waals surface area contributed by atoms with Gasteiger partial charge in [-0.15, -0.1) is 0 Å². The van der Waals surface area contributed by atoms with Gasteiger partial charge in [0.2, 0.25) is 5.91 Å². The number of aromatic nitrogens is 2. The highest BCUT2D eigenvalue weighted by atomic mass is 16.2. The Kier molecular flexibility index (Phi) is 7.20. The molecule has 0 radical (unpaired) electrons. The molecule has 0 unspecified atom stereocenters. The van der Waals surface area contributed by atoms with Gasteiger partial charge in [0, 0.05) is 26.2 Å². The van der Waals surface area contributed by atoms with E-state index in [-0.39, 0.29) is 29.9 Å². The number of hydrogen-bond acceptors (Lipinski definition) is 5. The van der Waals surface area contributed by atoms with Crippen LogP contribution in [0.3, 0.4) is 0 Å². The fourth-order valence-electron chi connectivity index (χ4n) is 4.07. The van der Waals surface area contributed by atoms with Crippen LogP contribution in [0.1, 0.15) is 44.7 Å². The van der Waals surface area contributed by atoms with Crippen molar-refractivity contribution in [1.82, 2.24) is 14.5 Å². The third-order valence-corrected chi connectivity index (χ3v) is 5.66. The second kappa shape index (κ2) is 9.85. The van der Waals surface area contributed by atoms with Crippen LogP contribution in [0.15, 0.2) is 33.9 Å². The van der Waals surface area contributed by atoms with Crippen molar-refractivity contribution in [2.45, 2.75) is 53.1 Å². The molecule has 0 atom stereocenters.